The van der Waals surface area contributed by atoms with Crippen molar-refractivity contribution in [1.29, 1.82) is 0 Å². The molecule has 0 saturated heterocycles. The van der Waals surface area contributed by atoms with Gasteiger partial charge in [-0.15, -0.1) is 0 Å². The van der Waals surface area contributed by atoms with Gasteiger partial charge in [0.15, 0.2) is 0 Å². The first-order valence-corrected chi connectivity index (χ1v) is 7.05. The van der Waals surface area contributed by atoms with E-state index in [1.165, 1.54) is 5.56 Å². The van der Waals surface area contributed by atoms with Crippen LogP contribution in [0.1, 0.15) is 41.3 Å². The summed E-state index contributed by atoms with van der Waals surface area (Å²) < 4.78 is 2.06. The lowest BCUT2D eigenvalue weighted by Crippen LogP contribution is -2.02. The van der Waals surface area contributed by atoms with E-state index in [2.05, 4.69) is 17.7 Å². The van der Waals surface area contributed by atoms with Gasteiger partial charge in [0.2, 0.25) is 0 Å². The number of nitrogens with zero attached hydrogens (tertiary/aromatic N) is 1. The highest BCUT2D eigenvalue weighted by molar-refractivity contribution is 5.96. The number of hydrogen-bond donors (Lipinski definition) is 2. The van der Waals surface area contributed by atoms with Crippen LogP contribution in [0, 0.1) is 6.92 Å². The number of carboxylic acid groups (broad SMARTS) is 1. The fourth-order valence-electron chi connectivity index (χ4n) is 2.64. The van der Waals surface area contributed by atoms with E-state index in [0.29, 0.717) is 18.5 Å². The van der Waals surface area contributed by atoms with Gasteiger partial charge in [-0.05, 0) is 43.0 Å². The molecule has 2 aromatic rings. The first kappa shape index (κ1) is 14.6. The van der Waals surface area contributed by atoms with Gasteiger partial charge < -0.3 is 14.8 Å². The van der Waals surface area contributed by atoms with Crippen LogP contribution in [0.25, 0.3) is 10.9 Å². The normalized spacial score (nSPS) is 11.2. The molecule has 20 heavy (non-hydrogen) atoms. The van der Waals surface area contributed by atoms with Crippen LogP contribution < -0.4 is 0 Å². The average Bonchev–Trinajstić information content (AvgIpc) is 2.73. The molecule has 0 aliphatic rings. The average molecular weight is 275 g/mol. The van der Waals surface area contributed by atoms with Crippen LogP contribution in [-0.4, -0.2) is 27.4 Å². The van der Waals surface area contributed by atoms with E-state index in [-0.39, 0.29) is 6.61 Å². The lowest BCUT2D eigenvalue weighted by Gasteiger charge is -2.06. The summed E-state index contributed by atoms with van der Waals surface area (Å²) in [6, 6.07) is 3.72. The van der Waals surface area contributed by atoms with E-state index in [9.17, 15) is 9.90 Å². The maximum absolute atomic E-state index is 11.3. The van der Waals surface area contributed by atoms with Gasteiger partial charge in [-0.2, -0.15) is 0 Å². The summed E-state index contributed by atoms with van der Waals surface area (Å²) in [5, 5.41) is 19.4. The number of carboxylic acids is 1. The second kappa shape index (κ2) is 6.09. The molecule has 0 spiro atoms. The molecule has 1 aromatic heterocycles. The Morgan fingerprint density at radius 1 is 1.35 bits per heavy atom. The fourth-order valence-corrected chi connectivity index (χ4v) is 2.64. The predicted molar refractivity (Wildman–Crippen MR) is 79.3 cm³/mol. The van der Waals surface area contributed by atoms with Crippen molar-refractivity contribution in [1.82, 2.24) is 4.57 Å². The molecular weight excluding hydrogens is 254 g/mol. The van der Waals surface area contributed by atoms with Crippen LogP contribution in [-0.2, 0) is 13.0 Å². The Morgan fingerprint density at radius 3 is 2.70 bits per heavy atom. The van der Waals surface area contributed by atoms with Gasteiger partial charge in [0.1, 0.15) is 0 Å². The molecule has 108 valence electrons. The minimum atomic E-state index is -0.892. The molecule has 2 N–H and O–H groups in total. The van der Waals surface area contributed by atoms with Gasteiger partial charge in [0.05, 0.1) is 5.56 Å². The molecule has 0 bridgehead atoms. The first-order valence-electron chi connectivity index (χ1n) is 7.05. The number of benzene rings is 1. The third-order valence-electron chi connectivity index (χ3n) is 3.62. The van der Waals surface area contributed by atoms with Crippen molar-refractivity contribution in [2.45, 2.75) is 39.7 Å². The molecule has 4 heteroatoms. The number of aliphatic hydroxyl groups is 1. The van der Waals surface area contributed by atoms with Crippen LogP contribution in [0.15, 0.2) is 18.3 Å². The smallest absolute Gasteiger partial charge is 0.336 e. The standard InChI is InChI=1S/C16H21NO3/c1-3-5-12-10-17(6-4-7-18)15-9-13(16(19)20)11(2)8-14(12)15/h8-10,18H,3-7H2,1-2H3,(H,19,20). The summed E-state index contributed by atoms with van der Waals surface area (Å²) in [5.41, 5.74) is 3.34. The highest BCUT2D eigenvalue weighted by atomic mass is 16.4. The molecule has 1 heterocycles. The zero-order valence-electron chi connectivity index (χ0n) is 12.0. The third-order valence-corrected chi connectivity index (χ3v) is 3.62. The maximum atomic E-state index is 11.3. The van der Waals surface area contributed by atoms with Crippen molar-refractivity contribution < 1.29 is 15.0 Å². The minimum Gasteiger partial charge on any atom is -0.478 e. The number of aromatic nitrogens is 1. The molecule has 0 aliphatic carbocycles. The number of aryl methyl sites for hydroxylation is 3. The zero-order chi connectivity index (χ0) is 14.7. The molecule has 0 radical (unpaired) electrons. The highest BCUT2D eigenvalue weighted by Crippen LogP contribution is 2.26. The molecule has 1 aromatic carbocycles. The number of aromatic carboxylic acids is 1. The van der Waals surface area contributed by atoms with E-state index in [1.807, 2.05) is 13.0 Å². The number of rotatable bonds is 6. The third kappa shape index (κ3) is 2.70. The quantitative estimate of drug-likeness (QED) is 0.852. The molecule has 0 atom stereocenters. The Hall–Kier alpha value is -1.81. The summed E-state index contributed by atoms with van der Waals surface area (Å²) in [5.74, 6) is -0.892. The van der Waals surface area contributed by atoms with Gasteiger partial charge in [-0.1, -0.05) is 13.3 Å². The Labute approximate surface area is 118 Å². The van der Waals surface area contributed by atoms with Gasteiger partial charge >= 0.3 is 5.97 Å². The largest absolute Gasteiger partial charge is 0.478 e. The number of fused-ring (bicyclic) bond motifs is 1. The topological polar surface area (TPSA) is 62.5 Å². The zero-order valence-corrected chi connectivity index (χ0v) is 12.0. The van der Waals surface area contributed by atoms with Crippen LogP contribution in [0.3, 0.4) is 0 Å². The van der Waals surface area contributed by atoms with Gasteiger partial charge in [0, 0.05) is 30.3 Å². The van der Waals surface area contributed by atoms with Gasteiger partial charge in [0.25, 0.3) is 0 Å². The summed E-state index contributed by atoms with van der Waals surface area (Å²) in [4.78, 5) is 11.3. The maximum Gasteiger partial charge on any atom is 0.336 e. The Balaban J connectivity index is 2.60. The molecule has 0 amide bonds. The van der Waals surface area contributed by atoms with Crippen LogP contribution in [0.5, 0.6) is 0 Å². The van der Waals surface area contributed by atoms with Crippen LogP contribution >= 0.6 is 0 Å². The summed E-state index contributed by atoms with van der Waals surface area (Å²) in [6.45, 7) is 4.82. The molecule has 0 aliphatic heterocycles. The second-order valence-corrected chi connectivity index (χ2v) is 5.16. The van der Waals surface area contributed by atoms with Crippen molar-refractivity contribution in [3.8, 4) is 0 Å². The summed E-state index contributed by atoms with van der Waals surface area (Å²) >= 11 is 0. The van der Waals surface area contributed by atoms with Crippen LogP contribution in [0.2, 0.25) is 0 Å². The minimum absolute atomic E-state index is 0.139. The van der Waals surface area contributed by atoms with Gasteiger partial charge in [-0.25, -0.2) is 4.79 Å². The van der Waals surface area contributed by atoms with E-state index < -0.39 is 5.97 Å². The Morgan fingerprint density at radius 2 is 2.10 bits per heavy atom. The van der Waals surface area contributed by atoms with Gasteiger partial charge in [-0.3, -0.25) is 0 Å². The van der Waals surface area contributed by atoms with E-state index in [1.54, 1.807) is 6.07 Å². The second-order valence-electron chi connectivity index (χ2n) is 5.16. The predicted octanol–water partition coefficient (Wildman–Crippen LogP) is 2.98. The fraction of sp³-hybridized carbons (Fsp3) is 0.438. The molecule has 2 rings (SSSR count). The lowest BCUT2D eigenvalue weighted by molar-refractivity contribution is 0.0696. The number of hydrogen-bond acceptors (Lipinski definition) is 2. The van der Waals surface area contributed by atoms with Crippen LogP contribution in [0.4, 0.5) is 0 Å². The van der Waals surface area contributed by atoms with E-state index in [0.717, 1.165) is 29.3 Å². The van der Waals surface area contributed by atoms with Crippen molar-refractivity contribution in [2.75, 3.05) is 6.61 Å². The van der Waals surface area contributed by atoms with Crippen molar-refractivity contribution >= 4 is 16.9 Å². The Kier molecular flexibility index (Phi) is 4.45. The Bertz CT molecular complexity index is 628. The first-order chi connectivity index (χ1) is 9.58. The van der Waals surface area contributed by atoms with Crippen molar-refractivity contribution in [3.05, 3.63) is 35.0 Å². The molecule has 0 fully saturated rings. The van der Waals surface area contributed by atoms with E-state index in [4.69, 9.17) is 5.11 Å². The summed E-state index contributed by atoms with van der Waals surface area (Å²) in [7, 11) is 0. The molecule has 0 unspecified atom stereocenters. The monoisotopic (exact) mass is 275 g/mol. The molecule has 0 saturated carbocycles. The number of carbonyl (C=O) groups is 1. The SMILES string of the molecule is CCCc1cn(CCCO)c2cc(C(=O)O)c(C)cc12. The van der Waals surface area contributed by atoms with E-state index >= 15 is 0 Å². The highest BCUT2D eigenvalue weighted by Gasteiger charge is 2.14. The number of aliphatic hydroxyl groups excluding tert-OH is 1. The summed E-state index contributed by atoms with van der Waals surface area (Å²) in [6.07, 6.45) is 4.80. The van der Waals surface area contributed by atoms with Crippen molar-refractivity contribution in [2.24, 2.45) is 0 Å². The molecule has 4 nitrogen and oxygen atoms in total. The lowest BCUT2D eigenvalue weighted by atomic mass is 10.0. The molecular formula is C16H21NO3. The van der Waals surface area contributed by atoms with Crippen molar-refractivity contribution in [3.63, 3.8) is 0 Å².